The summed E-state index contributed by atoms with van der Waals surface area (Å²) in [6.07, 6.45) is 9.06. The third-order valence-electron chi connectivity index (χ3n) is 5.42. The number of fused-ring (bicyclic) bond motifs is 2. The smallest absolute Gasteiger partial charge is 0.131 e. The lowest BCUT2D eigenvalue weighted by atomic mass is 9.96. The van der Waals surface area contributed by atoms with Crippen molar-refractivity contribution in [3.05, 3.63) is 42.7 Å². The molecule has 2 aliphatic heterocycles. The van der Waals surface area contributed by atoms with E-state index in [4.69, 9.17) is 0 Å². The molecule has 0 aromatic carbocycles. The van der Waals surface area contributed by atoms with Gasteiger partial charge in [-0.15, -0.1) is 0 Å². The van der Waals surface area contributed by atoms with Crippen LogP contribution in [0.4, 0.5) is 17.3 Å². The Balaban J connectivity index is 1.46. The second kappa shape index (κ2) is 6.77. The second-order valence-electron chi connectivity index (χ2n) is 6.88. The van der Waals surface area contributed by atoms with Crippen LogP contribution in [0.25, 0.3) is 0 Å². The van der Waals surface area contributed by atoms with E-state index in [-0.39, 0.29) is 0 Å². The number of hydrogen-bond acceptors (Lipinski definition) is 5. The zero-order valence-electron chi connectivity index (χ0n) is 14.2. The molecule has 24 heavy (non-hydrogen) atoms. The van der Waals surface area contributed by atoms with E-state index in [1.807, 2.05) is 30.5 Å². The fraction of sp³-hybridized carbons (Fsp3) is 0.474. The van der Waals surface area contributed by atoms with Gasteiger partial charge in [0, 0.05) is 31.4 Å². The fourth-order valence-electron chi connectivity index (χ4n) is 3.96. The van der Waals surface area contributed by atoms with Gasteiger partial charge in [0.05, 0.1) is 11.9 Å². The topological polar surface area (TPSA) is 44.3 Å². The maximum atomic E-state index is 4.58. The van der Waals surface area contributed by atoms with Gasteiger partial charge in [-0.25, -0.2) is 9.97 Å². The molecule has 5 heteroatoms. The molecule has 5 nitrogen and oxygen atoms in total. The first-order valence-corrected chi connectivity index (χ1v) is 8.90. The lowest BCUT2D eigenvalue weighted by Gasteiger charge is -2.37. The van der Waals surface area contributed by atoms with Gasteiger partial charge in [-0.2, -0.15) is 0 Å². The summed E-state index contributed by atoms with van der Waals surface area (Å²) in [6.45, 7) is 2.24. The quantitative estimate of drug-likeness (QED) is 0.939. The van der Waals surface area contributed by atoms with Crippen LogP contribution in [0.2, 0.25) is 0 Å². The average Bonchev–Trinajstić information content (AvgIpc) is 2.71. The van der Waals surface area contributed by atoms with Gasteiger partial charge >= 0.3 is 0 Å². The highest BCUT2D eigenvalue weighted by atomic mass is 15.3. The number of likely N-dealkylation sites (N-methyl/N-ethyl adjacent to an activating group) is 1. The molecular formula is C19H25N5. The molecular weight excluding hydrogens is 298 g/mol. The second-order valence-corrected chi connectivity index (χ2v) is 6.88. The Morgan fingerprint density at radius 1 is 1.00 bits per heavy atom. The highest BCUT2D eigenvalue weighted by Gasteiger charge is 2.32. The summed E-state index contributed by atoms with van der Waals surface area (Å²) in [5.74, 6) is 1.66. The summed E-state index contributed by atoms with van der Waals surface area (Å²) in [5, 5.41) is 3.24. The Morgan fingerprint density at radius 3 is 2.67 bits per heavy atom. The molecule has 2 unspecified atom stereocenters. The first kappa shape index (κ1) is 15.4. The van der Waals surface area contributed by atoms with Crippen LogP contribution in [0, 0.1) is 0 Å². The van der Waals surface area contributed by atoms with Crippen molar-refractivity contribution >= 4 is 17.3 Å². The van der Waals surface area contributed by atoms with Crippen LogP contribution in [-0.2, 0) is 0 Å². The van der Waals surface area contributed by atoms with Crippen LogP contribution < -0.4 is 10.2 Å². The van der Waals surface area contributed by atoms with Gasteiger partial charge in [-0.05, 0) is 50.6 Å². The van der Waals surface area contributed by atoms with Crippen molar-refractivity contribution in [2.75, 3.05) is 30.4 Å². The highest BCUT2D eigenvalue weighted by molar-refractivity contribution is 5.55. The Kier molecular flexibility index (Phi) is 4.34. The highest BCUT2D eigenvalue weighted by Crippen LogP contribution is 2.29. The van der Waals surface area contributed by atoms with Crippen molar-refractivity contribution in [3.8, 4) is 0 Å². The summed E-state index contributed by atoms with van der Waals surface area (Å²) < 4.78 is 0. The number of aromatic nitrogens is 2. The Hall–Kier alpha value is -2.14. The van der Waals surface area contributed by atoms with Gasteiger partial charge in [-0.1, -0.05) is 12.5 Å². The lowest BCUT2D eigenvalue weighted by Crippen LogP contribution is -2.45. The molecule has 0 amide bonds. The van der Waals surface area contributed by atoms with Crippen molar-refractivity contribution in [1.29, 1.82) is 0 Å². The Morgan fingerprint density at radius 2 is 1.88 bits per heavy atom. The molecule has 2 aliphatic rings. The molecule has 126 valence electrons. The number of piperidine rings is 1. The molecule has 4 heterocycles. The fourth-order valence-corrected chi connectivity index (χ4v) is 3.96. The number of nitrogens with zero attached hydrogens (tertiary/aromatic N) is 4. The standard InChI is InChI=1S/C19H25N5/c1-23-15-5-4-6-17(23)14-24(12-10-15)16-8-9-19(21-13-16)22-18-7-2-3-11-20-18/h2-3,7-9,11,13,15,17H,4-6,10,12,14H2,1H3,(H,20,21,22). The molecule has 0 spiro atoms. The molecule has 0 radical (unpaired) electrons. The van der Waals surface area contributed by atoms with E-state index in [1.54, 1.807) is 6.20 Å². The van der Waals surface area contributed by atoms with Gasteiger partial charge in [0.25, 0.3) is 0 Å². The molecule has 2 fully saturated rings. The van der Waals surface area contributed by atoms with Crippen LogP contribution >= 0.6 is 0 Å². The van der Waals surface area contributed by atoms with E-state index < -0.39 is 0 Å². The van der Waals surface area contributed by atoms with Crippen molar-refractivity contribution in [1.82, 2.24) is 14.9 Å². The maximum absolute atomic E-state index is 4.58. The predicted octanol–water partition coefficient (Wildman–Crippen LogP) is 3.28. The molecule has 2 bridgehead atoms. The molecule has 4 rings (SSSR count). The monoisotopic (exact) mass is 323 g/mol. The average molecular weight is 323 g/mol. The van der Waals surface area contributed by atoms with Gasteiger partial charge in [0.2, 0.25) is 0 Å². The van der Waals surface area contributed by atoms with Crippen molar-refractivity contribution < 1.29 is 0 Å². The van der Waals surface area contributed by atoms with Crippen LogP contribution in [0.15, 0.2) is 42.7 Å². The number of anilines is 3. The summed E-state index contributed by atoms with van der Waals surface area (Å²) in [6, 6.07) is 11.5. The van der Waals surface area contributed by atoms with Gasteiger partial charge in [0.15, 0.2) is 0 Å². The molecule has 1 N–H and O–H groups in total. The van der Waals surface area contributed by atoms with E-state index in [9.17, 15) is 0 Å². The number of nitrogens with one attached hydrogen (secondary N) is 1. The minimum absolute atomic E-state index is 0.678. The van der Waals surface area contributed by atoms with E-state index in [0.717, 1.165) is 30.8 Å². The van der Waals surface area contributed by atoms with E-state index in [0.29, 0.717) is 6.04 Å². The zero-order valence-corrected chi connectivity index (χ0v) is 14.2. The number of hydrogen-bond donors (Lipinski definition) is 1. The Labute approximate surface area is 143 Å². The molecule has 2 aromatic rings. The first-order valence-electron chi connectivity index (χ1n) is 8.90. The first-order chi connectivity index (χ1) is 11.8. The van der Waals surface area contributed by atoms with Gasteiger partial charge < -0.3 is 10.2 Å². The van der Waals surface area contributed by atoms with Crippen molar-refractivity contribution in [2.45, 2.75) is 37.8 Å². The van der Waals surface area contributed by atoms with Crippen LogP contribution in [0.3, 0.4) is 0 Å². The van der Waals surface area contributed by atoms with Crippen LogP contribution in [0.5, 0.6) is 0 Å². The minimum Gasteiger partial charge on any atom is -0.369 e. The third-order valence-corrected chi connectivity index (χ3v) is 5.42. The van der Waals surface area contributed by atoms with E-state index in [2.05, 4.69) is 38.2 Å². The molecule has 2 atom stereocenters. The molecule has 2 saturated heterocycles. The summed E-state index contributed by atoms with van der Waals surface area (Å²) >= 11 is 0. The van der Waals surface area contributed by atoms with Crippen molar-refractivity contribution in [2.24, 2.45) is 0 Å². The number of pyridine rings is 2. The summed E-state index contributed by atoms with van der Waals surface area (Å²) in [4.78, 5) is 14.0. The molecule has 2 aromatic heterocycles. The summed E-state index contributed by atoms with van der Waals surface area (Å²) in [5.41, 5.74) is 1.22. The van der Waals surface area contributed by atoms with Gasteiger partial charge in [-0.3, -0.25) is 4.90 Å². The maximum Gasteiger partial charge on any atom is 0.131 e. The Bertz CT molecular complexity index is 657. The largest absolute Gasteiger partial charge is 0.369 e. The SMILES string of the molecule is CN1C2CCCC1CN(c1ccc(Nc3ccccn3)nc1)CC2. The van der Waals surface area contributed by atoms with Crippen LogP contribution in [-0.4, -0.2) is 47.1 Å². The molecule has 0 saturated carbocycles. The lowest BCUT2D eigenvalue weighted by molar-refractivity contribution is 0.127. The normalized spacial score (nSPS) is 24.5. The van der Waals surface area contributed by atoms with E-state index in [1.165, 1.54) is 31.4 Å². The molecule has 0 aliphatic carbocycles. The predicted molar refractivity (Wildman–Crippen MR) is 97.8 cm³/mol. The van der Waals surface area contributed by atoms with Crippen molar-refractivity contribution in [3.63, 3.8) is 0 Å². The van der Waals surface area contributed by atoms with Crippen LogP contribution in [0.1, 0.15) is 25.7 Å². The number of rotatable bonds is 3. The zero-order chi connectivity index (χ0) is 16.4. The summed E-state index contributed by atoms with van der Waals surface area (Å²) in [7, 11) is 2.30. The van der Waals surface area contributed by atoms with E-state index >= 15 is 0 Å². The van der Waals surface area contributed by atoms with Gasteiger partial charge in [0.1, 0.15) is 11.6 Å². The third kappa shape index (κ3) is 3.22. The minimum atomic E-state index is 0.678.